The Kier molecular flexibility index (Phi) is 2.45. The van der Waals surface area contributed by atoms with E-state index < -0.39 is 0 Å². The van der Waals surface area contributed by atoms with Crippen LogP contribution in [0, 0.1) is 0 Å². The summed E-state index contributed by atoms with van der Waals surface area (Å²) >= 11 is 0. The SMILES string of the molecule is COc1ccc([C@H]2CCNC2)nc1. The van der Waals surface area contributed by atoms with Crippen LogP contribution in [-0.4, -0.2) is 25.2 Å². The Hall–Kier alpha value is -1.09. The summed E-state index contributed by atoms with van der Waals surface area (Å²) < 4.78 is 5.05. The molecule has 1 atom stereocenters. The monoisotopic (exact) mass is 178 g/mol. The van der Waals surface area contributed by atoms with Crippen molar-refractivity contribution in [2.45, 2.75) is 12.3 Å². The fourth-order valence-electron chi connectivity index (χ4n) is 1.66. The molecular formula is C10H14N2O. The van der Waals surface area contributed by atoms with Crippen LogP contribution in [0.1, 0.15) is 18.0 Å². The van der Waals surface area contributed by atoms with E-state index >= 15 is 0 Å². The van der Waals surface area contributed by atoms with Gasteiger partial charge in [0.2, 0.25) is 0 Å². The Morgan fingerprint density at radius 3 is 3.00 bits per heavy atom. The van der Waals surface area contributed by atoms with Crippen molar-refractivity contribution in [3.8, 4) is 5.75 Å². The number of ether oxygens (including phenoxy) is 1. The van der Waals surface area contributed by atoms with Crippen LogP contribution in [-0.2, 0) is 0 Å². The molecule has 0 aliphatic carbocycles. The maximum Gasteiger partial charge on any atom is 0.137 e. The summed E-state index contributed by atoms with van der Waals surface area (Å²) in [6, 6.07) is 4.02. The number of nitrogens with zero attached hydrogens (tertiary/aromatic N) is 1. The van der Waals surface area contributed by atoms with E-state index in [-0.39, 0.29) is 0 Å². The van der Waals surface area contributed by atoms with Gasteiger partial charge in [-0.3, -0.25) is 4.98 Å². The number of nitrogens with one attached hydrogen (secondary N) is 1. The third-order valence-corrected chi connectivity index (χ3v) is 2.47. The van der Waals surface area contributed by atoms with Crippen LogP contribution < -0.4 is 10.1 Å². The number of hydrogen-bond acceptors (Lipinski definition) is 3. The Morgan fingerprint density at radius 2 is 2.46 bits per heavy atom. The van der Waals surface area contributed by atoms with Crippen LogP contribution >= 0.6 is 0 Å². The Labute approximate surface area is 78.1 Å². The largest absolute Gasteiger partial charge is 0.495 e. The van der Waals surface area contributed by atoms with Crippen LogP contribution in [0.5, 0.6) is 5.75 Å². The molecule has 0 bridgehead atoms. The second kappa shape index (κ2) is 3.75. The molecule has 1 aliphatic rings. The minimum absolute atomic E-state index is 0.589. The van der Waals surface area contributed by atoms with Crippen molar-refractivity contribution >= 4 is 0 Å². The van der Waals surface area contributed by atoms with E-state index in [1.54, 1.807) is 13.3 Å². The highest BCUT2D eigenvalue weighted by Gasteiger charge is 2.17. The maximum atomic E-state index is 5.05. The highest BCUT2D eigenvalue weighted by atomic mass is 16.5. The summed E-state index contributed by atoms with van der Waals surface area (Å²) in [5.41, 5.74) is 1.17. The number of pyridine rings is 1. The Bertz CT molecular complexity index is 265. The van der Waals surface area contributed by atoms with Gasteiger partial charge in [-0.15, -0.1) is 0 Å². The Morgan fingerprint density at radius 1 is 1.54 bits per heavy atom. The van der Waals surface area contributed by atoms with Crippen LogP contribution in [0.15, 0.2) is 18.3 Å². The lowest BCUT2D eigenvalue weighted by Crippen LogP contribution is -2.08. The third kappa shape index (κ3) is 1.80. The van der Waals surface area contributed by atoms with Crippen molar-refractivity contribution in [1.82, 2.24) is 10.3 Å². The molecule has 0 amide bonds. The number of rotatable bonds is 2. The van der Waals surface area contributed by atoms with E-state index in [9.17, 15) is 0 Å². The first kappa shape index (κ1) is 8.51. The summed E-state index contributed by atoms with van der Waals surface area (Å²) in [5.74, 6) is 1.42. The zero-order valence-electron chi connectivity index (χ0n) is 7.79. The average molecular weight is 178 g/mol. The molecule has 1 aliphatic heterocycles. The van der Waals surface area contributed by atoms with Crippen molar-refractivity contribution in [3.63, 3.8) is 0 Å². The Balaban J connectivity index is 2.12. The van der Waals surface area contributed by atoms with Gasteiger partial charge in [-0.25, -0.2) is 0 Å². The molecule has 1 aromatic rings. The van der Waals surface area contributed by atoms with Crippen molar-refractivity contribution in [3.05, 3.63) is 24.0 Å². The third-order valence-electron chi connectivity index (χ3n) is 2.47. The summed E-state index contributed by atoms with van der Waals surface area (Å²) in [6.45, 7) is 2.16. The molecule has 1 aromatic heterocycles. The van der Waals surface area contributed by atoms with Gasteiger partial charge in [-0.1, -0.05) is 0 Å². The predicted molar refractivity (Wildman–Crippen MR) is 51.0 cm³/mol. The summed E-state index contributed by atoms with van der Waals surface area (Å²) in [4.78, 5) is 4.37. The first-order valence-corrected chi connectivity index (χ1v) is 4.61. The zero-order valence-corrected chi connectivity index (χ0v) is 7.79. The molecular weight excluding hydrogens is 164 g/mol. The van der Waals surface area contributed by atoms with Crippen molar-refractivity contribution in [2.75, 3.05) is 20.2 Å². The molecule has 0 unspecified atom stereocenters. The van der Waals surface area contributed by atoms with Gasteiger partial charge in [0.05, 0.1) is 13.3 Å². The summed E-state index contributed by atoms with van der Waals surface area (Å²) in [6.07, 6.45) is 2.98. The molecule has 70 valence electrons. The molecule has 0 radical (unpaired) electrons. The van der Waals surface area contributed by atoms with E-state index in [2.05, 4.69) is 16.4 Å². The number of methoxy groups -OCH3 is 1. The van der Waals surface area contributed by atoms with E-state index in [1.807, 2.05) is 6.07 Å². The lowest BCUT2D eigenvalue weighted by Gasteiger charge is -2.07. The van der Waals surface area contributed by atoms with Gasteiger partial charge in [0.15, 0.2) is 0 Å². The van der Waals surface area contributed by atoms with Crippen molar-refractivity contribution < 1.29 is 4.74 Å². The molecule has 3 heteroatoms. The highest BCUT2D eigenvalue weighted by molar-refractivity contribution is 5.22. The molecule has 2 heterocycles. The van der Waals surface area contributed by atoms with Crippen molar-refractivity contribution in [2.24, 2.45) is 0 Å². The van der Waals surface area contributed by atoms with Crippen LogP contribution in [0.3, 0.4) is 0 Å². The first-order valence-electron chi connectivity index (χ1n) is 4.61. The predicted octanol–water partition coefficient (Wildman–Crippen LogP) is 1.17. The topological polar surface area (TPSA) is 34.1 Å². The molecule has 2 rings (SSSR count). The van der Waals surface area contributed by atoms with Gasteiger partial charge < -0.3 is 10.1 Å². The van der Waals surface area contributed by atoms with Crippen LogP contribution in [0.4, 0.5) is 0 Å². The molecule has 1 N–H and O–H groups in total. The molecule has 0 spiro atoms. The smallest absolute Gasteiger partial charge is 0.137 e. The minimum Gasteiger partial charge on any atom is -0.495 e. The van der Waals surface area contributed by atoms with Crippen molar-refractivity contribution in [1.29, 1.82) is 0 Å². The van der Waals surface area contributed by atoms with E-state index in [0.29, 0.717) is 5.92 Å². The van der Waals surface area contributed by atoms with E-state index in [4.69, 9.17) is 4.74 Å². The summed E-state index contributed by atoms with van der Waals surface area (Å²) in [5, 5.41) is 3.33. The zero-order chi connectivity index (χ0) is 9.10. The second-order valence-corrected chi connectivity index (χ2v) is 3.31. The summed E-state index contributed by atoms with van der Waals surface area (Å²) in [7, 11) is 1.66. The number of hydrogen-bond donors (Lipinski definition) is 1. The van der Waals surface area contributed by atoms with Crippen LogP contribution in [0.2, 0.25) is 0 Å². The molecule has 0 saturated carbocycles. The molecule has 13 heavy (non-hydrogen) atoms. The lowest BCUT2D eigenvalue weighted by molar-refractivity contribution is 0.412. The highest BCUT2D eigenvalue weighted by Crippen LogP contribution is 2.21. The van der Waals surface area contributed by atoms with E-state index in [1.165, 1.54) is 12.1 Å². The fourth-order valence-corrected chi connectivity index (χ4v) is 1.66. The fraction of sp³-hybridized carbons (Fsp3) is 0.500. The van der Waals surface area contributed by atoms with Gasteiger partial charge in [0.1, 0.15) is 5.75 Å². The lowest BCUT2D eigenvalue weighted by atomic mass is 10.0. The van der Waals surface area contributed by atoms with Gasteiger partial charge in [0.25, 0.3) is 0 Å². The van der Waals surface area contributed by atoms with Gasteiger partial charge in [0, 0.05) is 18.2 Å². The van der Waals surface area contributed by atoms with Gasteiger partial charge in [-0.2, -0.15) is 0 Å². The molecule has 1 fully saturated rings. The molecule has 1 saturated heterocycles. The minimum atomic E-state index is 0.589. The van der Waals surface area contributed by atoms with Gasteiger partial charge >= 0.3 is 0 Å². The van der Waals surface area contributed by atoms with E-state index in [0.717, 1.165) is 18.8 Å². The average Bonchev–Trinajstić information content (AvgIpc) is 2.71. The standard InChI is InChI=1S/C10H14N2O/c1-13-9-2-3-10(12-7-9)8-4-5-11-6-8/h2-3,7-8,11H,4-6H2,1H3/t8-/m0/s1. The number of aromatic nitrogens is 1. The molecule has 0 aromatic carbocycles. The maximum absolute atomic E-state index is 5.05. The second-order valence-electron chi connectivity index (χ2n) is 3.31. The van der Waals surface area contributed by atoms with Gasteiger partial charge in [-0.05, 0) is 25.1 Å². The van der Waals surface area contributed by atoms with Crippen LogP contribution in [0.25, 0.3) is 0 Å². The quantitative estimate of drug-likeness (QED) is 0.738. The molecule has 3 nitrogen and oxygen atoms in total. The normalized spacial score (nSPS) is 21.8. The first-order chi connectivity index (χ1) is 6.40.